The lowest BCUT2D eigenvalue weighted by Gasteiger charge is -2.07. The summed E-state index contributed by atoms with van der Waals surface area (Å²) >= 11 is 5.86. The van der Waals surface area contributed by atoms with E-state index in [1.165, 1.54) is 10.9 Å². The molecule has 20 heavy (non-hydrogen) atoms. The van der Waals surface area contributed by atoms with Crippen LogP contribution in [0.3, 0.4) is 0 Å². The Balaban J connectivity index is 1.71. The molecular weight excluding hydrogens is 270 g/mol. The molecule has 0 aliphatic rings. The summed E-state index contributed by atoms with van der Waals surface area (Å²) in [5.74, 6) is 0.797. The summed E-state index contributed by atoms with van der Waals surface area (Å²) in [6.07, 6.45) is 2.72. The van der Waals surface area contributed by atoms with Gasteiger partial charge < -0.3 is 5.32 Å². The molecule has 0 saturated heterocycles. The number of anilines is 1. The van der Waals surface area contributed by atoms with E-state index >= 15 is 0 Å². The number of pyridine rings is 2. The molecule has 0 aliphatic heterocycles. The highest BCUT2D eigenvalue weighted by Crippen LogP contribution is 2.16. The zero-order valence-corrected chi connectivity index (χ0v) is 11.6. The van der Waals surface area contributed by atoms with Crippen LogP contribution in [-0.2, 0) is 6.42 Å². The van der Waals surface area contributed by atoms with E-state index in [1.54, 1.807) is 6.07 Å². The summed E-state index contributed by atoms with van der Waals surface area (Å²) in [6.45, 7) is 0.795. The van der Waals surface area contributed by atoms with Gasteiger partial charge in [-0.1, -0.05) is 41.9 Å². The number of fused-ring (bicyclic) bond motifs is 1. The Morgan fingerprint density at radius 1 is 1.00 bits per heavy atom. The van der Waals surface area contributed by atoms with Crippen LogP contribution in [0.1, 0.15) is 5.56 Å². The number of nitrogens with zero attached hydrogens (tertiary/aromatic N) is 2. The number of rotatable bonds is 4. The van der Waals surface area contributed by atoms with E-state index in [0.29, 0.717) is 5.15 Å². The van der Waals surface area contributed by atoms with Crippen molar-refractivity contribution in [1.82, 2.24) is 9.97 Å². The van der Waals surface area contributed by atoms with Crippen LogP contribution in [-0.4, -0.2) is 16.5 Å². The van der Waals surface area contributed by atoms with Crippen molar-refractivity contribution in [3.05, 3.63) is 65.4 Å². The van der Waals surface area contributed by atoms with Crippen molar-refractivity contribution in [1.29, 1.82) is 0 Å². The second-order valence-corrected chi connectivity index (χ2v) is 4.90. The predicted octanol–water partition coefficient (Wildman–Crippen LogP) is 3.94. The maximum Gasteiger partial charge on any atom is 0.131 e. The molecule has 2 aromatic heterocycles. The number of aromatic nitrogens is 2. The maximum absolute atomic E-state index is 5.86. The first-order valence-corrected chi connectivity index (χ1v) is 6.90. The minimum absolute atomic E-state index is 0.502. The topological polar surface area (TPSA) is 37.8 Å². The normalized spacial score (nSPS) is 10.7. The van der Waals surface area contributed by atoms with Gasteiger partial charge in [-0.2, -0.15) is 0 Å². The molecule has 0 unspecified atom stereocenters. The molecule has 0 aliphatic carbocycles. The quantitative estimate of drug-likeness (QED) is 0.737. The van der Waals surface area contributed by atoms with Gasteiger partial charge >= 0.3 is 0 Å². The summed E-state index contributed by atoms with van der Waals surface area (Å²) in [7, 11) is 0. The molecule has 4 heteroatoms. The molecule has 0 amide bonds. The maximum atomic E-state index is 5.86. The fraction of sp³-hybridized carbons (Fsp3) is 0.125. The zero-order chi connectivity index (χ0) is 13.8. The fourth-order valence-corrected chi connectivity index (χ4v) is 2.36. The van der Waals surface area contributed by atoms with Crippen molar-refractivity contribution in [3.8, 4) is 0 Å². The van der Waals surface area contributed by atoms with Crippen molar-refractivity contribution in [2.75, 3.05) is 11.9 Å². The zero-order valence-electron chi connectivity index (χ0n) is 10.9. The Morgan fingerprint density at radius 2 is 1.85 bits per heavy atom. The first-order valence-electron chi connectivity index (χ1n) is 6.52. The van der Waals surface area contributed by atoms with Gasteiger partial charge in [-0.05, 0) is 30.2 Å². The molecule has 100 valence electrons. The highest BCUT2D eigenvalue weighted by atomic mass is 35.5. The third-order valence-corrected chi connectivity index (χ3v) is 3.34. The third-order valence-electron chi connectivity index (χ3n) is 3.13. The lowest BCUT2D eigenvalue weighted by molar-refractivity contribution is 1.01. The minimum atomic E-state index is 0.502. The summed E-state index contributed by atoms with van der Waals surface area (Å²) < 4.78 is 0. The smallest absolute Gasteiger partial charge is 0.131 e. The summed E-state index contributed by atoms with van der Waals surface area (Å²) in [6, 6.07) is 15.9. The Bertz CT molecular complexity index is 722. The molecule has 0 radical (unpaired) electrons. The van der Waals surface area contributed by atoms with Gasteiger partial charge in [0.05, 0.1) is 5.52 Å². The minimum Gasteiger partial charge on any atom is -0.370 e. The van der Waals surface area contributed by atoms with E-state index in [-0.39, 0.29) is 0 Å². The number of nitrogens with one attached hydrogen (secondary N) is 1. The van der Waals surface area contributed by atoms with Crippen molar-refractivity contribution >= 4 is 28.3 Å². The summed E-state index contributed by atoms with van der Waals surface area (Å²) in [5.41, 5.74) is 2.30. The SMILES string of the molecule is Clc1cccc(NCCc2cccc3cccnc23)n1. The summed E-state index contributed by atoms with van der Waals surface area (Å²) in [5, 5.41) is 4.95. The number of hydrogen-bond acceptors (Lipinski definition) is 3. The third kappa shape index (κ3) is 2.89. The number of halogens is 1. The molecular formula is C16H14ClN3. The van der Waals surface area contributed by atoms with Gasteiger partial charge in [0.1, 0.15) is 11.0 Å². The van der Waals surface area contributed by atoms with Crippen LogP contribution < -0.4 is 5.32 Å². The van der Waals surface area contributed by atoms with E-state index in [1.807, 2.05) is 24.4 Å². The molecule has 3 rings (SSSR count). The second-order valence-electron chi connectivity index (χ2n) is 4.51. The van der Waals surface area contributed by atoms with Crippen LogP contribution in [0.5, 0.6) is 0 Å². The van der Waals surface area contributed by atoms with E-state index in [9.17, 15) is 0 Å². The average Bonchev–Trinajstić information content (AvgIpc) is 2.48. The number of benzene rings is 1. The van der Waals surface area contributed by atoms with Crippen LogP contribution in [0.25, 0.3) is 10.9 Å². The van der Waals surface area contributed by atoms with Crippen molar-refractivity contribution in [2.45, 2.75) is 6.42 Å². The fourth-order valence-electron chi connectivity index (χ4n) is 2.20. The molecule has 1 N–H and O–H groups in total. The molecule has 0 atom stereocenters. The number of para-hydroxylation sites is 1. The van der Waals surface area contributed by atoms with E-state index in [4.69, 9.17) is 11.6 Å². The van der Waals surface area contributed by atoms with E-state index in [0.717, 1.165) is 24.3 Å². The van der Waals surface area contributed by atoms with Crippen LogP contribution in [0.2, 0.25) is 5.15 Å². The van der Waals surface area contributed by atoms with Gasteiger partial charge in [0.15, 0.2) is 0 Å². The van der Waals surface area contributed by atoms with E-state index < -0.39 is 0 Å². The van der Waals surface area contributed by atoms with Crippen molar-refractivity contribution in [3.63, 3.8) is 0 Å². The largest absolute Gasteiger partial charge is 0.370 e. The second kappa shape index (κ2) is 5.88. The Morgan fingerprint density at radius 3 is 2.75 bits per heavy atom. The van der Waals surface area contributed by atoms with E-state index in [2.05, 4.69) is 39.6 Å². The van der Waals surface area contributed by atoms with Gasteiger partial charge in [0, 0.05) is 18.1 Å². The molecule has 0 spiro atoms. The van der Waals surface area contributed by atoms with Gasteiger partial charge in [0.2, 0.25) is 0 Å². The molecule has 0 saturated carbocycles. The van der Waals surface area contributed by atoms with Gasteiger partial charge in [-0.25, -0.2) is 4.98 Å². The highest BCUT2D eigenvalue weighted by molar-refractivity contribution is 6.29. The monoisotopic (exact) mass is 283 g/mol. The lowest BCUT2D eigenvalue weighted by atomic mass is 10.1. The van der Waals surface area contributed by atoms with Crippen LogP contribution >= 0.6 is 11.6 Å². The van der Waals surface area contributed by atoms with Crippen LogP contribution in [0, 0.1) is 0 Å². The van der Waals surface area contributed by atoms with Crippen molar-refractivity contribution in [2.24, 2.45) is 0 Å². The van der Waals surface area contributed by atoms with Gasteiger partial charge in [-0.15, -0.1) is 0 Å². The van der Waals surface area contributed by atoms with Crippen LogP contribution in [0.15, 0.2) is 54.7 Å². The average molecular weight is 284 g/mol. The molecule has 3 nitrogen and oxygen atoms in total. The Kier molecular flexibility index (Phi) is 3.79. The van der Waals surface area contributed by atoms with Gasteiger partial charge in [0.25, 0.3) is 0 Å². The molecule has 2 heterocycles. The molecule has 0 fully saturated rings. The predicted molar refractivity (Wildman–Crippen MR) is 83.2 cm³/mol. The lowest BCUT2D eigenvalue weighted by Crippen LogP contribution is -2.06. The Labute approximate surface area is 122 Å². The molecule has 3 aromatic rings. The summed E-state index contributed by atoms with van der Waals surface area (Å²) in [4.78, 5) is 8.66. The molecule has 0 bridgehead atoms. The first kappa shape index (κ1) is 12.9. The van der Waals surface area contributed by atoms with Crippen molar-refractivity contribution < 1.29 is 0 Å². The number of hydrogen-bond donors (Lipinski definition) is 1. The first-order chi connectivity index (χ1) is 9.83. The van der Waals surface area contributed by atoms with Gasteiger partial charge in [-0.3, -0.25) is 4.98 Å². The molecule has 1 aromatic carbocycles. The highest BCUT2D eigenvalue weighted by Gasteiger charge is 2.02. The van der Waals surface area contributed by atoms with Crippen LogP contribution in [0.4, 0.5) is 5.82 Å². The standard InChI is InChI=1S/C16H14ClN3/c17-14-7-2-8-15(20-14)18-11-9-13-5-1-4-12-6-3-10-19-16(12)13/h1-8,10H,9,11H2,(H,18,20). The Hall–Kier alpha value is -2.13.